The van der Waals surface area contributed by atoms with Crippen LogP contribution in [0.2, 0.25) is 24.2 Å². The van der Waals surface area contributed by atoms with E-state index >= 15 is 0 Å². The van der Waals surface area contributed by atoms with Gasteiger partial charge >= 0.3 is 0 Å². The summed E-state index contributed by atoms with van der Waals surface area (Å²) in [5, 5.41) is 0. The fraction of sp³-hybridized carbons (Fsp3) is 0.500. The highest BCUT2D eigenvalue weighted by atomic mass is 28.3. The van der Waals surface area contributed by atoms with Crippen LogP contribution < -0.4 is 9.80 Å². The van der Waals surface area contributed by atoms with Crippen molar-refractivity contribution in [3.05, 3.63) is 84.2 Å². The minimum atomic E-state index is -1.60. The third-order valence-corrected chi connectivity index (χ3v) is 15.6. The Morgan fingerprint density at radius 2 is 1.00 bits per heavy atom. The molecular weight excluding hydrogens is 440 g/mol. The fourth-order valence-electron chi connectivity index (χ4n) is 9.48. The Labute approximate surface area is 213 Å². The van der Waals surface area contributed by atoms with Gasteiger partial charge in [0.2, 0.25) is 0 Å². The van der Waals surface area contributed by atoms with Crippen molar-refractivity contribution in [1.29, 1.82) is 0 Å². The molecule has 0 spiro atoms. The van der Waals surface area contributed by atoms with Gasteiger partial charge < -0.3 is 9.80 Å². The van der Waals surface area contributed by atoms with Gasteiger partial charge in [0.05, 0.1) is 8.07 Å². The molecule has 4 aliphatic rings. The summed E-state index contributed by atoms with van der Waals surface area (Å²) < 4.78 is 0. The Balaban J connectivity index is 1.31. The van der Waals surface area contributed by atoms with Crippen LogP contribution in [-0.4, -0.2) is 20.2 Å². The molecule has 2 aromatic carbocycles. The van der Waals surface area contributed by atoms with Crippen molar-refractivity contribution < 1.29 is 0 Å². The van der Waals surface area contributed by atoms with Gasteiger partial charge in [-0.2, -0.15) is 0 Å². The summed E-state index contributed by atoms with van der Waals surface area (Å²) in [4.78, 5) is 5.34. The lowest BCUT2D eigenvalue weighted by molar-refractivity contribution is 0.505. The minimum Gasteiger partial charge on any atom is -0.342 e. The van der Waals surface area contributed by atoms with Crippen LogP contribution in [0.15, 0.2) is 84.2 Å². The van der Waals surface area contributed by atoms with Gasteiger partial charge in [-0.3, -0.25) is 0 Å². The van der Waals surface area contributed by atoms with Crippen molar-refractivity contribution in [2.24, 2.45) is 23.7 Å². The standard InChI is InChI=1S/C32H42N2Si/c1-21-17-29-27(19-23(3)33(29)25-13-9-7-10-14-25)31(21)35(5,6)32-22(2)18-30-28(32)20-24(4)34(30)26-15-11-8-12-16-26/h7-16,19-22,27-32H,17-18H2,1-6H3. The Morgan fingerprint density at radius 3 is 1.37 bits per heavy atom. The number of fused-ring (bicyclic) bond motifs is 2. The molecule has 35 heavy (non-hydrogen) atoms. The van der Waals surface area contributed by atoms with E-state index in [0.717, 1.165) is 22.9 Å². The van der Waals surface area contributed by atoms with Crippen molar-refractivity contribution in [3.63, 3.8) is 0 Å². The predicted molar refractivity (Wildman–Crippen MR) is 152 cm³/mol. The topological polar surface area (TPSA) is 6.48 Å². The SMILES string of the molecule is CC1=CC2C(CC(C)C2[Si](C)(C)C2C(C)CC3C2C=C(C)N3c2ccccc2)N1c1ccccc1. The number of benzene rings is 2. The van der Waals surface area contributed by atoms with Crippen molar-refractivity contribution >= 4 is 19.4 Å². The van der Waals surface area contributed by atoms with Gasteiger partial charge in [0.1, 0.15) is 0 Å². The van der Waals surface area contributed by atoms with E-state index in [0.29, 0.717) is 23.9 Å². The zero-order chi connectivity index (χ0) is 24.5. The van der Waals surface area contributed by atoms with Crippen molar-refractivity contribution in [2.75, 3.05) is 9.80 Å². The molecule has 2 fully saturated rings. The van der Waals surface area contributed by atoms with Crippen molar-refractivity contribution in [1.82, 2.24) is 0 Å². The van der Waals surface area contributed by atoms with Gasteiger partial charge in [0, 0.05) is 46.7 Å². The minimum absolute atomic E-state index is 0.637. The maximum Gasteiger partial charge on any atom is 0.0554 e. The number of rotatable bonds is 4. The lowest BCUT2D eigenvalue weighted by atomic mass is 10.0. The predicted octanol–water partition coefficient (Wildman–Crippen LogP) is 8.33. The highest BCUT2D eigenvalue weighted by Gasteiger charge is 2.60. The van der Waals surface area contributed by atoms with E-state index in [4.69, 9.17) is 0 Å². The maximum atomic E-state index is 2.77. The molecule has 0 radical (unpaired) electrons. The fourth-order valence-corrected chi connectivity index (χ4v) is 15.8. The van der Waals surface area contributed by atoms with Crippen LogP contribution in [0.1, 0.15) is 40.5 Å². The molecule has 8 atom stereocenters. The Morgan fingerprint density at radius 1 is 0.629 bits per heavy atom. The molecule has 2 heterocycles. The largest absolute Gasteiger partial charge is 0.342 e. The third kappa shape index (κ3) is 3.49. The molecule has 0 saturated heterocycles. The van der Waals surface area contributed by atoms with Crippen LogP contribution in [0.3, 0.4) is 0 Å². The summed E-state index contributed by atoms with van der Waals surface area (Å²) in [6, 6.07) is 23.5. The first-order chi connectivity index (χ1) is 16.8. The van der Waals surface area contributed by atoms with E-state index in [9.17, 15) is 0 Å². The Hall–Kier alpha value is -2.26. The summed E-state index contributed by atoms with van der Waals surface area (Å²) in [5.74, 6) is 3.00. The molecule has 0 aromatic heterocycles. The lowest BCUT2D eigenvalue weighted by Gasteiger charge is -2.44. The van der Waals surface area contributed by atoms with Crippen molar-refractivity contribution in [3.8, 4) is 0 Å². The summed E-state index contributed by atoms with van der Waals surface area (Å²) in [6.07, 6.45) is 8.00. The number of para-hydroxylation sites is 2. The normalized spacial score (nSPS) is 36.3. The first-order valence-electron chi connectivity index (χ1n) is 13.8. The molecule has 8 unspecified atom stereocenters. The van der Waals surface area contributed by atoms with Gasteiger partial charge in [-0.1, -0.05) is 75.5 Å². The summed E-state index contributed by atoms with van der Waals surface area (Å²) in [5.41, 5.74) is 7.39. The zero-order valence-corrected chi connectivity index (χ0v) is 23.4. The van der Waals surface area contributed by atoms with E-state index in [2.05, 4.69) is 123 Å². The molecule has 2 aliphatic carbocycles. The average molecular weight is 483 g/mol. The molecule has 2 nitrogen and oxygen atoms in total. The molecule has 2 aromatic rings. The quantitative estimate of drug-likeness (QED) is 0.404. The molecule has 3 heteroatoms. The second kappa shape index (κ2) is 8.40. The molecule has 0 N–H and O–H groups in total. The summed E-state index contributed by atoms with van der Waals surface area (Å²) >= 11 is 0. The van der Waals surface area contributed by atoms with Crippen LogP contribution in [0.4, 0.5) is 11.4 Å². The van der Waals surface area contributed by atoms with Gasteiger partial charge in [0.25, 0.3) is 0 Å². The van der Waals surface area contributed by atoms with E-state index in [1.165, 1.54) is 35.6 Å². The van der Waals surface area contributed by atoms with Gasteiger partial charge in [-0.15, -0.1) is 0 Å². The molecule has 0 amide bonds. The van der Waals surface area contributed by atoms with E-state index in [1.54, 1.807) is 0 Å². The van der Waals surface area contributed by atoms with Crippen molar-refractivity contribution in [2.45, 2.75) is 76.8 Å². The molecular formula is C32H42N2Si. The van der Waals surface area contributed by atoms with Crippen LogP contribution in [0, 0.1) is 23.7 Å². The zero-order valence-electron chi connectivity index (χ0n) is 22.4. The number of allylic oxidation sites excluding steroid dienone is 2. The lowest BCUT2D eigenvalue weighted by Crippen LogP contribution is -2.46. The van der Waals surface area contributed by atoms with Gasteiger partial charge in [0.15, 0.2) is 0 Å². The summed E-state index contributed by atoms with van der Waals surface area (Å²) in [7, 11) is -1.60. The highest BCUT2D eigenvalue weighted by Crippen LogP contribution is 2.63. The van der Waals surface area contributed by atoms with Crippen LogP contribution >= 0.6 is 0 Å². The number of anilines is 2. The monoisotopic (exact) mass is 482 g/mol. The number of hydrogen-bond acceptors (Lipinski definition) is 2. The number of nitrogens with zero attached hydrogens (tertiary/aromatic N) is 2. The smallest absolute Gasteiger partial charge is 0.0554 e. The van der Waals surface area contributed by atoms with Crippen LogP contribution in [-0.2, 0) is 0 Å². The molecule has 0 bridgehead atoms. The van der Waals surface area contributed by atoms with Crippen LogP contribution in [0.25, 0.3) is 0 Å². The van der Waals surface area contributed by atoms with Crippen LogP contribution in [0.5, 0.6) is 0 Å². The van der Waals surface area contributed by atoms with E-state index in [-0.39, 0.29) is 0 Å². The molecule has 2 saturated carbocycles. The third-order valence-electron chi connectivity index (χ3n) is 10.2. The second-order valence-corrected chi connectivity index (χ2v) is 17.6. The van der Waals surface area contributed by atoms with E-state index in [1.807, 2.05) is 0 Å². The average Bonchev–Trinajstić information content (AvgIpc) is 3.50. The highest BCUT2D eigenvalue weighted by molar-refractivity contribution is 6.80. The Bertz CT molecular complexity index is 1050. The maximum absolute atomic E-state index is 2.77. The number of hydrogen-bond donors (Lipinski definition) is 0. The summed E-state index contributed by atoms with van der Waals surface area (Å²) in [6.45, 7) is 15.4. The van der Waals surface area contributed by atoms with Gasteiger partial charge in [-0.25, -0.2) is 0 Å². The molecule has 6 rings (SSSR count). The van der Waals surface area contributed by atoms with Gasteiger partial charge in [-0.05, 0) is 73.9 Å². The first kappa shape index (κ1) is 23.2. The second-order valence-electron chi connectivity index (χ2n) is 12.6. The van der Waals surface area contributed by atoms with E-state index < -0.39 is 8.07 Å². The Kier molecular flexibility index (Phi) is 5.56. The molecule has 2 aliphatic heterocycles. The molecule has 184 valence electrons. The first-order valence-corrected chi connectivity index (χ1v) is 17.0.